The normalized spacial score (nSPS) is 17.8. The van der Waals surface area contributed by atoms with Gasteiger partial charge in [-0.2, -0.15) is 0 Å². The topological polar surface area (TPSA) is 26.3 Å². The smallest absolute Gasteiger partial charge is 0.172 e. The molecule has 1 heterocycles. The van der Waals surface area contributed by atoms with Gasteiger partial charge >= 0.3 is 0 Å². The van der Waals surface area contributed by atoms with Crippen molar-refractivity contribution in [2.24, 2.45) is 5.92 Å². The van der Waals surface area contributed by atoms with Crippen molar-refractivity contribution in [3.63, 3.8) is 0 Å². The second-order valence-corrected chi connectivity index (χ2v) is 5.18. The summed E-state index contributed by atoms with van der Waals surface area (Å²) in [6.07, 6.45) is 0. The van der Waals surface area contributed by atoms with E-state index < -0.39 is 0 Å². The van der Waals surface area contributed by atoms with Crippen molar-refractivity contribution >= 4 is 17.4 Å². The van der Waals surface area contributed by atoms with Gasteiger partial charge in [0.1, 0.15) is 5.75 Å². The van der Waals surface area contributed by atoms with Crippen LogP contribution in [-0.4, -0.2) is 12.4 Å². The van der Waals surface area contributed by atoms with Crippen molar-refractivity contribution in [3.05, 3.63) is 53.1 Å². The summed E-state index contributed by atoms with van der Waals surface area (Å²) in [7, 11) is 0. The number of hydrogen-bond acceptors (Lipinski definition) is 2. The molecule has 2 nitrogen and oxygen atoms in total. The van der Waals surface area contributed by atoms with Crippen LogP contribution in [-0.2, 0) is 0 Å². The predicted octanol–water partition coefficient (Wildman–Crippen LogP) is 4.22. The van der Waals surface area contributed by atoms with Crippen LogP contribution in [0.1, 0.15) is 17.3 Å². The maximum atomic E-state index is 12.2. The third-order valence-electron chi connectivity index (χ3n) is 3.34. The molecule has 1 atom stereocenters. The molecule has 0 aliphatic carbocycles. The van der Waals surface area contributed by atoms with Crippen LogP contribution in [0.5, 0.6) is 5.75 Å². The number of carbonyl (C=O) groups is 1. The summed E-state index contributed by atoms with van der Waals surface area (Å²) in [4.78, 5) is 12.2. The Kier molecular flexibility index (Phi) is 3.03. The average molecular weight is 273 g/mol. The Balaban J connectivity index is 2.16. The summed E-state index contributed by atoms with van der Waals surface area (Å²) in [5.74, 6) is 0.500. The van der Waals surface area contributed by atoms with Gasteiger partial charge in [-0.3, -0.25) is 4.79 Å². The van der Waals surface area contributed by atoms with E-state index >= 15 is 0 Å². The number of ether oxygens (including phenoxy) is 1. The van der Waals surface area contributed by atoms with E-state index in [1.165, 1.54) is 0 Å². The summed E-state index contributed by atoms with van der Waals surface area (Å²) in [6, 6.07) is 13.6. The van der Waals surface area contributed by atoms with Gasteiger partial charge in [-0.15, -0.1) is 0 Å². The van der Waals surface area contributed by atoms with Crippen molar-refractivity contribution in [3.8, 4) is 16.9 Å². The Morgan fingerprint density at radius 1 is 1.16 bits per heavy atom. The summed E-state index contributed by atoms with van der Waals surface area (Å²) in [5, 5.41) is 0.497. The first-order valence-corrected chi connectivity index (χ1v) is 6.60. The van der Waals surface area contributed by atoms with Crippen molar-refractivity contribution < 1.29 is 9.53 Å². The molecule has 0 fully saturated rings. The Labute approximate surface area is 117 Å². The summed E-state index contributed by atoms with van der Waals surface area (Å²) in [5.41, 5.74) is 2.57. The van der Waals surface area contributed by atoms with E-state index in [2.05, 4.69) is 0 Å². The fraction of sp³-hybridized carbons (Fsp3) is 0.188. The fourth-order valence-electron chi connectivity index (χ4n) is 2.27. The molecule has 3 rings (SSSR count). The molecule has 0 saturated carbocycles. The number of carbonyl (C=O) groups excluding carboxylic acids is 1. The highest BCUT2D eigenvalue weighted by Crippen LogP contribution is 2.38. The summed E-state index contributed by atoms with van der Waals surface area (Å²) < 4.78 is 5.57. The minimum atomic E-state index is -0.116. The monoisotopic (exact) mass is 272 g/mol. The van der Waals surface area contributed by atoms with Gasteiger partial charge in [0.25, 0.3) is 0 Å². The molecule has 0 bridgehead atoms. The lowest BCUT2D eigenvalue weighted by Crippen LogP contribution is -2.25. The number of halogens is 1. The van der Waals surface area contributed by atoms with Crippen LogP contribution >= 0.6 is 11.6 Å². The highest BCUT2D eigenvalue weighted by molar-refractivity contribution is 6.33. The molecule has 0 saturated heterocycles. The Morgan fingerprint density at radius 3 is 2.63 bits per heavy atom. The second kappa shape index (κ2) is 4.71. The van der Waals surface area contributed by atoms with E-state index in [9.17, 15) is 4.79 Å². The van der Waals surface area contributed by atoms with Crippen LogP contribution in [0.4, 0.5) is 0 Å². The van der Waals surface area contributed by atoms with Crippen molar-refractivity contribution in [2.75, 3.05) is 6.61 Å². The summed E-state index contributed by atoms with van der Waals surface area (Å²) in [6.45, 7) is 2.27. The minimum absolute atomic E-state index is 0.0981. The van der Waals surface area contributed by atoms with Gasteiger partial charge in [0.05, 0.1) is 23.1 Å². The molecule has 0 N–H and O–H groups in total. The molecule has 0 radical (unpaired) electrons. The van der Waals surface area contributed by atoms with E-state index in [1.54, 1.807) is 0 Å². The van der Waals surface area contributed by atoms with E-state index in [-0.39, 0.29) is 11.7 Å². The molecule has 3 heteroatoms. The first kappa shape index (κ1) is 12.2. The largest absolute Gasteiger partial charge is 0.491 e. The standard InChI is InChI=1S/C16H13ClO2/c1-10-9-19-16-13(15(10)18)7-12(8-14(16)17)11-5-3-2-4-6-11/h2-8,10H,9H2,1H3. The molecule has 19 heavy (non-hydrogen) atoms. The Bertz CT molecular complexity index is 635. The van der Waals surface area contributed by atoms with Crippen LogP contribution < -0.4 is 4.74 Å². The van der Waals surface area contributed by atoms with Gasteiger partial charge < -0.3 is 4.74 Å². The van der Waals surface area contributed by atoms with Gasteiger partial charge in [-0.05, 0) is 23.3 Å². The zero-order valence-electron chi connectivity index (χ0n) is 10.5. The molecule has 1 aliphatic rings. The Hall–Kier alpha value is -1.80. The van der Waals surface area contributed by atoms with E-state index in [1.807, 2.05) is 49.4 Å². The maximum Gasteiger partial charge on any atom is 0.172 e. The number of hydrogen-bond donors (Lipinski definition) is 0. The van der Waals surface area contributed by atoms with Crippen LogP contribution in [0, 0.1) is 5.92 Å². The molecule has 0 aromatic heterocycles. The van der Waals surface area contributed by atoms with Crippen LogP contribution in [0.15, 0.2) is 42.5 Å². The maximum absolute atomic E-state index is 12.2. The zero-order chi connectivity index (χ0) is 13.4. The molecule has 1 aliphatic heterocycles. The molecule has 0 amide bonds. The minimum Gasteiger partial charge on any atom is -0.491 e. The van der Waals surface area contributed by atoms with Crippen molar-refractivity contribution in [1.29, 1.82) is 0 Å². The SMILES string of the molecule is CC1COc2c(Cl)cc(-c3ccccc3)cc2C1=O. The number of fused-ring (bicyclic) bond motifs is 1. The lowest BCUT2D eigenvalue weighted by atomic mass is 9.93. The third-order valence-corrected chi connectivity index (χ3v) is 3.62. The molecule has 96 valence electrons. The molecular weight excluding hydrogens is 260 g/mol. The highest BCUT2D eigenvalue weighted by atomic mass is 35.5. The lowest BCUT2D eigenvalue weighted by molar-refractivity contribution is 0.0849. The van der Waals surface area contributed by atoms with Crippen LogP contribution in [0.3, 0.4) is 0 Å². The fourth-order valence-corrected chi connectivity index (χ4v) is 2.54. The van der Waals surface area contributed by atoms with E-state index in [0.29, 0.717) is 22.9 Å². The first-order valence-electron chi connectivity index (χ1n) is 6.23. The highest BCUT2D eigenvalue weighted by Gasteiger charge is 2.27. The van der Waals surface area contributed by atoms with Gasteiger partial charge in [0.2, 0.25) is 0 Å². The van der Waals surface area contributed by atoms with Crippen molar-refractivity contribution in [1.82, 2.24) is 0 Å². The van der Waals surface area contributed by atoms with E-state index in [4.69, 9.17) is 16.3 Å². The summed E-state index contributed by atoms with van der Waals surface area (Å²) >= 11 is 6.23. The predicted molar refractivity (Wildman–Crippen MR) is 75.9 cm³/mol. The lowest BCUT2D eigenvalue weighted by Gasteiger charge is -2.23. The van der Waals surface area contributed by atoms with Gasteiger partial charge in [0.15, 0.2) is 5.78 Å². The number of Topliss-reactive ketones (excluding diaryl/α,β-unsaturated/α-hetero) is 1. The Morgan fingerprint density at radius 2 is 1.89 bits per heavy atom. The van der Waals surface area contributed by atoms with Gasteiger partial charge in [-0.25, -0.2) is 0 Å². The number of rotatable bonds is 1. The van der Waals surface area contributed by atoms with Gasteiger partial charge in [0, 0.05) is 0 Å². The molecule has 2 aromatic rings. The third kappa shape index (κ3) is 2.13. The molecule has 2 aromatic carbocycles. The quantitative estimate of drug-likeness (QED) is 0.777. The molecule has 1 unspecified atom stereocenters. The number of ketones is 1. The van der Waals surface area contributed by atoms with Crippen LogP contribution in [0.25, 0.3) is 11.1 Å². The molecular formula is C16H13ClO2. The zero-order valence-corrected chi connectivity index (χ0v) is 11.3. The molecule has 0 spiro atoms. The van der Waals surface area contributed by atoms with Crippen molar-refractivity contribution in [2.45, 2.75) is 6.92 Å². The van der Waals surface area contributed by atoms with E-state index in [0.717, 1.165) is 11.1 Å². The second-order valence-electron chi connectivity index (χ2n) is 4.78. The first-order chi connectivity index (χ1) is 9.16. The number of benzene rings is 2. The average Bonchev–Trinajstić information content (AvgIpc) is 2.44. The van der Waals surface area contributed by atoms with Crippen LogP contribution in [0.2, 0.25) is 5.02 Å². The van der Waals surface area contributed by atoms with Gasteiger partial charge in [-0.1, -0.05) is 48.9 Å².